The van der Waals surface area contributed by atoms with Crippen LogP contribution in [0.5, 0.6) is 0 Å². The second-order valence-corrected chi connectivity index (χ2v) is 10.4. The summed E-state index contributed by atoms with van der Waals surface area (Å²) in [5.41, 5.74) is 2.60. The van der Waals surface area contributed by atoms with Crippen molar-refractivity contribution in [1.82, 2.24) is 8.87 Å². The van der Waals surface area contributed by atoms with Crippen LogP contribution >= 0.6 is 0 Å². The number of carbonyl (C=O) groups excluding carboxylic acids is 2. The fourth-order valence-corrected chi connectivity index (χ4v) is 5.52. The summed E-state index contributed by atoms with van der Waals surface area (Å²) in [6.45, 7) is 6.59. The lowest BCUT2D eigenvalue weighted by Crippen LogP contribution is -2.40. The zero-order chi connectivity index (χ0) is 23.8. The SMILES string of the molecule is Cc1cc(C(=O)O[C@@H](C)C(=O)Nc2cccc(S(=O)(=O)N3CCOCC3)c2)c(C)n1C1CC1. The van der Waals surface area contributed by atoms with Crippen LogP contribution in [0.2, 0.25) is 0 Å². The third-order valence-corrected chi connectivity index (χ3v) is 7.87. The van der Waals surface area contributed by atoms with Gasteiger partial charge in [-0.25, -0.2) is 13.2 Å². The second kappa shape index (κ2) is 9.28. The number of ether oxygens (including phenoxy) is 2. The summed E-state index contributed by atoms with van der Waals surface area (Å²) in [5.74, 6) is -1.10. The van der Waals surface area contributed by atoms with Crippen LogP contribution in [0.3, 0.4) is 0 Å². The van der Waals surface area contributed by atoms with Gasteiger partial charge in [0, 0.05) is 36.2 Å². The van der Waals surface area contributed by atoms with E-state index in [1.165, 1.54) is 23.4 Å². The molecular formula is C23H29N3O6S. The molecule has 1 saturated carbocycles. The normalized spacial score (nSPS) is 18.0. The minimum Gasteiger partial charge on any atom is -0.449 e. The first kappa shape index (κ1) is 23.5. The molecule has 1 aliphatic carbocycles. The fraction of sp³-hybridized carbons (Fsp3) is 0.478. The van der Waals surface area contributed by atoms with Crippen molar-refractivity contribution in [3.63, 3.8) is 0 Å². The van der Waals surface area contributed by atoms with Gasteiger partial charge >= 0.3 is 5.97 Å². The molecule has 178 valence electrons. The Hall–Kier alpha value is -2.69. The first-order chi connectivity index (χ1) is 15.7. The molecule has 10 heteroatoms. The van der Waals surface area contributed by atoms with Crippen LogP contribution in [-0.2, 0) is 24.3 Å². The number of carbonyl (C=O) groups is 2. The number of aryl methyl sites for hydroxylation is 1. The van der Waals surface area contributed by atoms with E-state index in [1.54, 1.807) is 18.2 Å². The lowest BCUT2D eigenvalue weighted by molar-refractivity contribution is -0.123. The molecule has 2 fully saturated rings. The van der Waals surface area contributed by atoms with Gasteiger partial charge in [0.1, 0.15) is 0 Å². The van der Waals surface area contributed by atoms with E-state index in [-0.39, 0.29) is 18.0 Å². The molecule has 0 spiro atoms. The van der Waals surface area contributed by atoms with Gasteiger partial charge in [-0.1, -0.05) is 6.07 Å². The average Bonchev–Trinajstić information content (AvgIpc) is 3.58. The Bertz CT molecular complexity index is 1160. The van der Waals surface area contributed by atoms with E-state index in [4.69, 9.17) is 9.47 Å². The number of aromatic nitrogens is 1. The van der Waals surface area contributed by atoms with E-state index in [0.717, 1.165) is 24.2 Å². The molecule has 2 aliphatic rings. The number of esters is 1. The van der Waals surface area contributed by atoms with Gasteiger partial charge in [-0.2, -0.15) is 4.31 Å². The molecule has 1 atom stereocenters. The third kappa shape index (κ3) is 4.97. The highest BCUT2D eigenvalue weighted by molar-refractivity contribution is 7.89. The van der Waals surface area contributed by atoms with Crippen molar-refractivity contribution >= 4 is 27.6 Å². The quantitative estimate of drug-likeness (QED) is 0.617. The molecule has 0 radical (unpaired) electrons. The molecule has 1 aromatic heterocycles. The molecule has 4 rings (SSSR count). The van der Waals surface area contributed by atoms with Gasteiger partial charge in [0.2, 0.25) is 10.0 Å². The van der Waals surface area contributed by atoms with Gasteiger partial charge in [-0.05, 0) is 57.9 Å². The number of anilines is 1. The van der Waals surface area contributed by atoms with Crippen molar-refractivity contribution in [3.05, 3.63) is 47.3 Å². The molecule has 1 saturated heterocycles. The van der Waals surface area contributed by atoms with Gasteiger partial charge in [0.05, 0.1) is 23.7 Å². The van der Waals surface area contributed by atoms with Gasteiger partial charge in [-0.15, -0.1) is 0 Å². The highest BCUT2D eigenvalue weighted by Crippen LogP contribution is 2.38. The van der Waals surface area contributed by atoms with Crippen LogP contribution < -0.4 is 5.32 Å². The molecule has 0 bridgehead atoms. The zero-order valence-corrected chi connectivity index (χ0v) is 19.9. The van der Waals surface area contributed by atoms with E-state index < -0.39 is 28.0 Å². The number of nitrogens with zero attached hydrogens (tertiary/aromatic N) is 2. The number of sulfonamides is 1. The van der Waals surface area contributed by atoms with Crippen molar-refractivity contribution < 1.29 is 27.5 Å². The van der Waals surface area contributed by atoms with Gasteiger partial charge < -0.3 is 19.4 Å². The minimum absolute atomic E-state index is 0.0827. The van der Waals surface area contributed by atoms with Gasteiger partial charge in [-0.3, -0.25) is 4.79 Å². The smallest absolute Gasteiger partial charge is 0.340 e. The van der Waals surface area contributed by atoms with Gasteiger partial charge in [0.25, 0.3) is 5.91 Å². The maximum atomic E-state index is 12.9. The molecular weight excluding hydrogens is 446 g/mol. The Morgan fingerprint density at radius 3 is 2.52 bits per heavy atom. The number of rotatable bonds is 7. The largest absolute Gasteiger partial charge is 0.449 e. The first-order valence-corrected chi connectivity index (χ1v) is 12.5. The highest BCUT2D eigenvalue weighted by atomic mass is 32.2. The molecule has 2 heterocycles. The van der Waals surface area contributed by atoms with Crippen LogP contribution in [0, 0.1) is 13.8 Å². The summed E-state index contributed by atoms with van der Waals surface area (Å²) in [7, 11) is -3.69. The second-order valence-electron chi connectivity index (χ2n) is 8.47. The first-order valence-electron chi connectivity index (χ1n) is 11.1. The van der Waals surface area contributed by atoms with E-state index >= 15 is 0 Å². The van der Waals surface area contributed by atoms with Crippen LogP contribution in [-0.4, -0.2) is 61.6 Å². The van der Waals surface area contributed by atoms with Crippen LogP contribution in [0.1, 0.15) is 47.6 Å². The predicted molar refractivity (Wildman–Crippen MR) is 122 cm³/mol. The summed E-state index contributed by atoms with van der Waals surface area (Å²) in [6, 6.07) is 8.27. The summed E-state index contributed by atoms with van der Waals surface area (Å²) in [5, 5.41) is 2.64. The predicted octanol–water partition coefficient (Wildman–Crippen LogP) is 2.64. The van der Waals surface area contributed by atoms with Crippen LogP contribution in [0.4, 0.5) is 5.69 Å². The third-order valence-electron chi connectivity index (χ3n) is 5.98. The maximum Gasteiger partial charge on any atom is 0.340 e. The topological polar surface area (TPSA) is 107 Å². The lowest BCUT2D eigenvalue weighted by atomic mass is 10.2. The minimum atomic E-state index is -3.69. The molecule has 1 aliphatic heterocycles. The Morgan fingerprint density at radius 1 is 1.15 bits per heavy atom. The van der Waals surface area contributed by atoms with E-state index in [0.29, 0.717) is 30.5 Å². The van der Waals surface area contributed by atoms with E-state index in [2.05, 4.69) is 9.88 Å². The number of morpholine rings is 1. The van der Waals surface area contributed by atoms with Crippen molar-refractivity contribution in [2.45, 2.75) is 50.7 Å². The summed E-state index contributed by atoms with van der Waals surface area (Å²) < 4.78 is 39.9. The monoisotopic (exact) mass is 475 g/mol. The number of hydrogen-bond donors (Lipinski definition) is 1. The Labute approximate surface area is 193 Å². The van der Waals surface area contributed by atoms with Crippen LogP contribution in [0.25, 0.3) is 0 Å². The van der Waals surface area contributed by atoms with Crippen molar-refractivity contribution in [2.24, 2.45) is 0 Å². The molecule has 33 heavy (non-hydrogen) atoms. The Morgan fingerprint density at radius 2 is 1.85 bits per heavy atom. The maximum absolute atomic E-state index is 12.9. The number of benzene rings is 1. The molecule has 2 aromatic rings. The number of hydrogen-bond acceptors (Lipinski definition) is 6. The molecule has 0 unspecified atom stereocenters. The molecule has 1 amide bonds. The summed E-state index contributed by atoms with van der Waals surface area (Å²) >= 11 is 0. The number of nitrogens with one attached hydrogen (secondary N) is 1. The van der Waals surface area contributed by atoms with Crippen molar-refractivity contribution in [1.29, 1.82) is 0 Å². The van der Waals surface area contributed by atoms with Crippen molar-refractivity contribution in [2.75, 3.05) is 31.6 Å². The number of amides is 1. The Kier molecular flexibility index (Phi) is 6.60. The van der Waals surface area contributed by atoms with Gasteiger partial charge in [0.15, 0.2) is 6.10 Å². The zero-order valence-electron chi connectivity index (χ0n) is 19.0. The van der Waals surface area contributed by atoms with Crippen molar-refractivity contribution in [3.8, 4) is 0 Å². The van der Waals surface area contributed by atoms with E-state index in [1.807, 2.05) is 13.8 Å². The highest BCUT2D eigenvalue weighted by Gasteiger charge is 2.30. The summed E-state index contributed by atoms with van der Waals surface area (Å²) in [6.07, 6.45) is 1.15. The van der Waals surface area contributed by atoms with Crippen LogP contribution in [0.15, 0.2) is 35.2 Å². The summed E-state index contributed by atoms with van der Waals surface area (Å²) in [4.78, 5) is 25.4. The molecule has 1 aromatic carbocycles. The molecule has 9 nitrogen and oxygen atoms in total. The average molecular weight is 476 g/mol. The fourth-order valence-electron chi connectivity index (χ4n) is 4.07. The Balaban J connectivity index is 1.41. The standard InChI is InChI=1S/C23H29N3O6S/c1-15-13-21(16(2)26(15)19-7-8-19)23(28)32-17(3)22(27)24-18-5-4-6-20(14-18)33(29,30)25-9-11-31-12-10-25/h4-6,13-14,17,19H,7-12H2,1-3H3,(H,24,27)/t17-/m0/s1. The molecule has 1 N–H and O–H groups in total. The van der Waals surface area contributed by atoms with E-state index in [9.17, 15) is 18.0 Å². The lowest BCUT2D eigenvalue weighted by Gasteiger charge is -2.26.